The number of nitrogens with zero attached hydrogens (tertiary/aromatic N) is 2. The lowest BCUT2D eigenvalue weighted by Crippen LogP contribution is -2.22. The third kappa shape index (κ3) is 2.66. The average molecular weight is 315 g/mol. The van der Waals surface area contributed by atoms with Crippen LogP contribution in [0.3, 0.4) is 0 Å². The summed E-state index contributed by atoms with van der Waals surface area (Å²) in [7, 11) is 0. The van der Waals surface area contributed by atoms with Crippen molar-refractivity contribution >= 4 is 23.1 Å². The van der Waals surface area contributed by atoms with Gasteiger partial charge in [0.25, 0.3) is 0 Å². The Kier molecular flexibility index (Phi) is 4.03. The highest BCUT2D eigenvalue weighted by Gasteiger charge is 2.21. The summed E-state index contributed by atoms with van der Waals surface area (Å²) >= 11 is 6.40. The van der Waals surface area contributed by atoms with Gasteiger partial charge in [0.1, 0.15) is 11.5 Å². The van der Waals surface area contributed by atoms with Crippen molar-refractivity contribution in [2.75, 3.05) is 18.0 Å². The molecule has 0 spiro atoms. The van der Waals surface area contributed by atoms with Gasteiger partial charge in [-0.1, -0.05) is 29.8 Å². The smallest absolute Gasteiger partial charge is 0.141 e. The Bertz CT molecular complexity index is 721. The predicted octanol–water partition coefficient (Wildman–Crippen LogP) is 3.59. The van der Waals surface area contributed by atoms with E-state index in [1.54, 1.807) is 0 Å². The van der Waals surface area contributed by atoms with Crippen LogP contribution in [0.15, 0.2) is 30.3 Å². The Morgan fingerprint density at radius 3 is 2.59 bits per heavy atom. The molecule has 4 nitrogen and oxygen atoms in total. The number of rotatable bonds is 3. The van der Waals surface area contributed by atoms with Crippen molar-refractivity contribution < 1.29 is 0 Å². The molecule has 2 aromatic rings. The van der Waals surface area contributed by atoms with Crippen LogP contribution in [0.25, 0.3) is 11.1 Å². The molecular weight excluding hydrogens is 296 g/mol. The zero-order chi connectivity index (χ0) is 15.7. The van der Waals surface area contributed by atoms with E-state index >= 15 is 0 Å². The van der Waals surface area contributed by atoms with Gasteiger partial charge < -0.3 is 10.6 Å². The fraction of sp³-hybridized carbons (Fsp3) is 0.294. The number of halogens is 1. The van der Waals surface area contributed by atoms with E-state index < -0.39 is 0 Å². The molecule has 1 saturated heterocycles. The number of aryl methyl sites for hydroxylation is 1. The van der Waals surface area contributed by atoms with Crippen molar-refractivity contribution in [2.45, 2.75) is 19.8 Å². The maximum absolute atomic E-state index is 7.69. The second kappa shape index (κ2) is 5.97. The molecule has 22 heavy (non-hydrogen) atoms. The SMILES string of the molecule is Cc1nc(C(=N)N)cc(N2CCCC2)c1-c1ccccc1Cl. The van der Waals surface area contributed by atoms with Crippen LogP contribution in [0.4, 0.5) is 5.69 Å². The zero-order valence-corrected chi connectivity index (χ0v) is 13.3. The average Bonchev–Trinajstić information content (AvgIpc) is 3.01. The Morgan fingerprint density at radius 2 is 1.95 bits per heavy atom. The molecule has 0 unspecified atom stereocenters. The number of nitrogen functional groups attached to an aromatic ring is 1. The summed E-state index contributed by atoms with van der Waals surface area (Å²) in [5.74, 6) is -0.00532. The molecule has 3 N–H and O–H groups in total. The Balaban J connectivity index is 2.23. The summed E-state index contributed by atoms with van der Waals surface area (Å²) in [6.45, 7) is 3.97. The molecule has 0 aliphatic carbocycles. The monoisotopic (exact) mass is 314 g/mol. The highest BCUT2D eigenvalue weighted by Crippen LogP contribution is 2.38. The van der Waals surface area contributed by atoms with Crippen LogP contribution in [0, 0.1) is 12.3 Å². The van der Waals surface area contributed by atoms with Crippen molar-refractivity contribution in [3.05, 3.63) is 46.7 Å². The molecule has 0 saturated carbocycles. The summed E-state index contributed by atoms with van der Waals surface area (Å²) in [5, 5.41) is 8.40. The van der Waals surface area contributed by atoms with Gasteiger partial charge in [0.05, 0.1) is 0 Å². The third-order valence-corrected chi connectivity index (χ3v) is 4.38. The van der Waals surface area contributed by atoms with E-state index in [1.165, 1.54) is 12.8 Å². The molecule has 1 aliphatic rings. The summed E-state index contributed by atoms with van der Waals surface area (Å²) in [6, 6.07) is 9.73. The molecule has 1 aromatic carbocycles. The van der Waals surface area contributed by atoms with Crippen LogP contribution in [-0.2, 0) is 0 Å². The number of hydrogen-bond acceptors (Lipinski definition) is 3. The Morgan fingerprint density at radius 1 is 1.27 bits per heavy atom. The lowest BCUT2D eigenvalue weighted by Gasteiger charge is -2.24. The van der Waals surface area contributed by atoms with E-state index in [-0.39, 0.29) is 5.84 Å². The second-order valence-electron chi connectivity index (χ2n) is 5.57. The molecule has 114 valence electrons. The van der Waals surface area contributed by atoms with E-state index in [1.807, 2.05) is 37.3 Å². The highest BCUT2D eigenvalue weighted by atomic mass is 35.5. The first-order chi connectivity index (χ1) is 10.6. The molecule has 5 heteroatoms. The quantitative estimate of drug-likeness (QED) is 0.672. The molecule has 0 atom stereocenters. The van der Waals surface area contributed by atoms with Crippen LogP contribution >= 0.6 is 11.6 Å². The number of nitrogens with one attached hydrogen (secondary N) is 1. The third-order valence-electron chi connectivity index (χ3n) is 4.05. The lowest BCUT2D eigenvalue weighted by atomic mass is 10.0. The van der Waals surface area contributed by atoms with Gasteiger partial charge in [-0.2, -0.15) is 0 Å². The van der Waals surface area contributed by atoms with Crippen LogP contribution in [0.2, 0.25) is 5.02 Å². The minimum absolute atomic E-state index is 0.00532. The van der Waals surface area contributed by atoms with E-state index in [9.17, 15) is 0 Å². The van der Waals surface area contributed by atoms with Gasteiger partial charge in [0.2, 0.25) is 0 Å². The van der Waals surface area contributed by atoms with Crippen LogP contribution in [-0.4, -0.2) is 23.9 Å². The summed E-state index contributed by atoms with van der Waals surface area (Å²) in [5.41, 5.74) is 10.1. The van der Waals surface area contributed by atoms with Gasteiger partial charge in [-0.05, 0) is 31.9 Å². The molecule has 1 aliphatic heterocycles. The number of nitrogens with two attached hydrogens (primary N) is 1. The molecule has 1 aromatic heterocycles. The predicted molar refractivity (Wildman–Crippen MR) is 91.9 cm³/mol. The number of benzene rings is 1. The maximum atomic E-state index is 7.69. The molecule has 2 heterocycles. The number of aromatic nitrogens is 1. The molecular formula is C17H19ClN4. The Hall–Kier alpha value is -2.07. The standard InChI is InChI=1S/C17H19ClN4/c1-11-16(12-6-2-3-7-13(12)18)15(22-8-4-5-9-22)10-14(21-11)17(19)20/h2-3,6-7,10H,4-5,8-9H2,1H3,(H3,19,20). The van der Waals surface area contributed by atoms with E-state index in [4.69, 9.17) is 22.7 Å². The molecule has 0 amide bonds. The van der Waals surface area contributed by atoms with E-state index in [2.05, 4.69) is 9.88 Å². The van der Waals surface area contributed by atoms with Crippen molar-refractivity contribution in [1.29, 1.82) is 5.41 Å². The maximum Gasteiger partial charge on any atom is 0.141 e. The van der Waals surface area contributed by atoms with Gasteiger partial charge >= 0.3 is 0 Å². The number of hydrogen-bond donors (Lipinski definition) is 2. The summed E-state index contributed by atoms with van der Waals surface area (Å²) in [6.07, 6.45) is 2.36. The van der Waals surface area contributed by atoms with Crippen molar-refractivity contribution in [3.63, 3.8) is 0 Å². The van der Waals surface area contributed by atoms with Crippen LogP contribution in [0.1, 0.15) is 24.2 Å². The summed E-state index contributed by atoms with van der Waals surface area (Å²) in [4.78, 5) is 6.82. The van der Waals surface area contributed by atoms with Crippen LogP contribution in [0.5, 0.6) is 0 Å². The van der Waals surface area contributed by atoms with Gasteiger partial charge in [0, 0.05) is 40.6 Å². The van der Waals surface area contributed by atoms with Crippen molar-refractivity contribution in [3.8, 4) is 11.1 Å². The first kappa shape index (κ1) is 14.9. The van der Waals surface area contributed by atoms with Crippen molar-refractivity contribution in [1.82, 2.24) is 4.98 Å². The Labute approximate surface area is 135 Å². The van der Waals surface area contributed by atoms with E-state index in [0.717, 1.165) is 35.6 Å². The fourth-order valence-corrected chi connectivity index (χ4v) is 3.23. The van der Waals surface area contributed by atoms with Gasteiger partial charge in [-0.3, -0.25) is 5.41 Å². The molecule has 3 rings (SSSR count). The van der Waals surface area contributed by atoms with Gasteiger partial charge in [-0.25, -0.2) is 4.98 Å². The highest BCUT2D eigenvalue weighted by molar-refractivity contribution is 6.33. The lowest BCUT2D eigenvalue weighted by molar-refractivity contribution is 0.949. The molecule has 0 bridgehead atoms. The minimum atomic E-state index is -0.00532. The first-order valence-electron chi connectivity index (χ1n) is 7.44. The summed E-state index contributed by atoms with van der Waals surface area (Å²) < 4.78 is 0. The molecule has 0 radical (unpaired) electrons. The van der Waals surface area contributed by atoms with E-state index in [0.29, 0.717) is 10.7 Å². The fourth-order valence-electron chi connectivity index (χ4n) is 3.00. The number of pyridine rings is 1. The number of amidine groups is 1. The topological polar surface area (TPSA) is 66.0 Å². The van der Waals surface area contributed by atoms with Gasteiger partial charge in [0.15, 0.2) is 0 Å². The van der Waals surface area contributed by atoms with Gasteiger partial charge in [-0.15, -0.1) is 0 Å². The minimum Gasteiger partial charge on any atom is -0.382 e. The normalized spacial score (nSPS) is 14.4. The van der Waals surface area contributed by atoms with Crippen molar-refractivity contribution in [2.24, 2.45) is 5.73 Å². The first-order valence-corrected chi connectivity index (χ1v) is 7.81. The van der Waals surface area contributed by atoms with Crippen LogP contribution < -0.4 is 10.6 Å². The largest absolute Gasteiger partial charge is 0.382 e. The zero-order valence-electron chi connectivity index (χ0n) is 12.6. The second-order valence-corrected chi connectivity index (χ2v) is 5.98. The molecule has 1 fully saturated rings. The number of anilines is 1.